The highest BCUT2D eigenvalue weighted by Gasteiger charge is 2.26. The molecule has 0 unspecified atom stereocenters. The Bertz CT molecular complexity index is 829. The van der Waals surface area contributed by atoms with Gasteiger partial charge in [0.05, 0.1) is 5.69 Å². The monoisotopic (exact) mass is 303 g/mol. The van der Waals surface area contributed by atoms with Gasteiger partial charge in [0.2, 0.25) is 5.89 Å². The maximum atomic E-state index is 11.2. The Balaban J connectivity index is 2.21. The molecule has 0 aliphatic rings. The van der Waals surface area contributed by atoms with Crippen molar-refractivity contribution in [2.45, 2.75) is 26.2 Å². The third-order valence-corrected chi connectivity index (χ3v) is 3.75. The van der Waals surface area contributed by atoms with Crippen molar-refractivity contribution in [3.63, 3.8) is 0 Å². The van der Waals surface area contributed by atoms with Crippen molar-refractivity contribution >= 4 is 28.6 Å². The average Bonchev–Trinajstić information content (AvgIpc) is 3.03. The van der Waals surface area contributed by atoms with E-state index >= 15 is 0 Å². The molecular formula is C14H13N3O3S. The van der Waals surface area contributed by atoms with Crippen LogP contribution in [-0.4, -0.2) is 25.6 Å². The molecule has 108 valence electrons. The van der Waals surface area contributed by atoms with Crippen LogP contribution in [0.25, 0.3) is 21.9 Å². The molecule has 0 spiro atoms. The summed E-state index contributed by atoms with van der Waals surface area (Å²) >= 11 is 1.19. The van der Waals surface area contributed by atoms with Crippen LogP contribution in [0.2, 0.25) is 0 Å². The summed E-state index contributed by atoms with van der Waals surface area (Å²) in [6.07, 6.45) is 0. The first kappa shape index (κ1) is 13.7. The molecule has 7 heteroatoms. The number of carboxylic acids is 1. The highest BCUT2D eigenvalue weighted by atomic mass is 32.1. The van der Waals surface area contributed by atoms with Crippen LogP contribution >= 0.6 is 11.5 Å². The van der Waals surface area contributed by atoms with Crippen LogP contribution in [0.5, 0.6) is 0 Å². The predicted molar refractivity (Wildman–Crippen MR) is 78.6 cm³/mol. The lowest BCUT2D eigenvalue weighted by Gasteiger charge is -2.15. The predicted octanol–water partition coefficient (Wildman–Crippen LogP) is 3.34. The largest absolute Gasteiger partial charge is 0.478 e. The van der Waals surface area contributed by atoms with Crippen LogP contribution in [-0.2, 0) is 5.41 Å². The maximum absolute atomic E-state index is 11.2. The number of fused-ring (bicyclic) bond motifs is 1. The molecule has 3 aromatic rings. The average molecular weight is 303 g/mol. The van der Waals surface area contributed by atoms with Gasteiger partial charge in [-0.15, -0.1) is 5.10 Å². The van der Waals surface area contributed by atoms with Gasteiger partial charge < -0.3 is 9.52 Å². The fraction of sp³-hybridized carbons (Fsp3) is 0.286. The first-order chi connectivity index (χ1) is 9.88. The van der Waals surface area contributed by atoms with Gasteiger partial charge in [-0.1, -0.05) is 31.3 Å². The van der Waals surface area contributed by atoms with Gasteiger partial charge in [-0.2, -0.15) is 0 Å². The summed E-state index contributed by atoms with van der Waals surface area (Å²) in [5.74, 6) is -0.680. The van der Waals surface area contributed by atoms with Gasteiger partial charge in [0, 0.05) is 5.41 Å². The molecule has 0 aliphatic heterocycles. The van der Waals surface area contributed by atoms with Crippen molar-refractivity contribution < 1.29 is 14.3 Å². The number of rotatable bonds is 2. The van der Waals surface area contributed by atoms with E-state index in [0.717, 1.165) is 10.6 Å². The molecule has 0 bridgehead atoms. The third kappa shape index (κ3) is 2.29. The minimum absolute atomic E-state index is 0.0982. The summed E-state index contributed by atoms with van der Waals surface area (Å²) in [6, 6.07) is 4.86. The van der Waals surface area contributed by atoms with Crippen molar-refractivity contribution in [1.82, 2.24) is 14.6 Å². The summed E-state index contributed by atoms with van der Waals surface area (Å²) in [7, 11) is 0. The highest BCUT2D eigenvalue weighted by molar-refractivity contribution is 7.09. The molecule has 2 heterocycles. The second-order valence-electron chi connectivity index (χ2n) is 5.68. The molecule has 3 rings (SSSR count). The molecule has 0 saturated heterocycles. The molecule has 0 aliphatic carbocycles. The van der Waals surface area contributed by atoms with Crippen molar-refractivity contribution in [1.29, 1.82) is 0 Å². The standard InChI is InChI=1S/C14H13N3O3S/c1-14(2,3)11-10(21-17-16-11)12-15-8-6-4-5-7(13(18)19)9(8)20-12/h4-6H,1-3H3,(H,18,19). The third-order valence-electron chi connectivity index (χ3n) is 3.04. The minimum atomic E-state index is -1.04. The topological polar surface area (TPSA) is 89.1 Å². The van der Waals surface area contributed by atoms with Crippen molar-refractivity contribution in [2.75, 3.05) is 0 Å². The molecule has 2 aromatic heterocycles. The number of carboxylic acid groups (broad SMARTS) is 1. The molecule has 1 N–H and O–H groups in total. The zero-order valence-corrected chi connectivity index (χ0v) is 12.6. The molecule has 0 amide bonds. The van der Waals surface area contributed by atoms with Crippen LogP contribution in [0.3, 0.4) is 0 Å². The van der Waals surface area contributed by atoms with Gasteiger partial charge in [0.1, 0.15) is 16.0 Å². The van der Waals surface area contributed by atoms with E-state index in [1.54, 1.807) is 12.1 Å². The number of aromatic nitrogens is 3. The Labute approximate surface area is 124 Å². The van der Waals surface area contributed by atoms with E-state index in [2.05, 4.69) is 14.6 Å². The summed E-state index contributed by atoms with van der Waals surface area (Å²) in [6.45, 7) is 6.08. The molecule has 0 fully saturated rings. The summed E-state index contributed by atoms with van der Waals surface area (Å²) in [4.78, 5) is 16.3. The first-order valence-electron chi connectivity index (χ1n) is 6.34. The Hall–Kier alpha value is -2.28. The SMILES string of the molecule is CC(C)(C)c1nnsc1-c1nc2cccc(C(=O)O)c2o1. The van der Waals surface area contributed by atoms with E-state index in [-0.39, 0.29) is 16.6 Å². The van der Waals surface area contributed by atoms with Gasteiger partial charge in [-0.05, 0) is 23.7 Å². The summed E-state index contributed by atoms with van der Waals surface area (Å²) in [5, 5.41) is 13.3. The van der Waals surface area contributed by atoms with Crippen LogP contribution in [0.1, 0.15) is 36.8 Å². The van der Waals surface area contributed by atoms with Crippen LogP contribution in [0.4, 0.5) is 0 Å². The molecule has 21 heavy (non-hydrogen) atoms. The van der Waals surface area contributed by atoms with Gasteiger partial charge in [-0.25, -0.2) is 9.78 Å². The number of para-hydroxylation sites is 1. The van der Waals surface area contributed by atoms with E-state index < -0.39 is 5.97 Å². The Morgan fingerprint density at radius 3 is 2.76 bits per heavy atom. The van der Waals surface area contributed by atoms with E-state index in [4.69, 9.17) is 4.42 Å². The van der Waals surface area contributed by atoms with Crippen LogP contribution in [0.15, 0.2) is 22.6 Å². The van der Waals surface area contributed by atoms with Gasteiger partial charge in [-0.3, -0.25) is 0 Å². The smallest absolute Gasteiger partial charge is 0.339 e. The van der Waals surface area contributed by atoms with Crippen LogP contribution in [0, 0.1) is 0 Å². The second kappa shape index (κ2) is 4.63. The van der Waals surface area contributed by atoms with E-state index in [1.165, 1.54) is 17.6 Å². The Kier molecular flexibility index (Phi) is 3.02. The number of nitrogens with zero attached hydrogens (tertiary/aromatic N) is 3. The fourth-order valence-electron chi connectivity index (χ4n) is 2.04. The van der Waals surface area contributed by atoms with Crippen molar-refractivity contribution in [3.05, 3.63) is 29.5 Å². The van der Waals surface area contributed by atoms with Crippen LogP contribution < -0.4 is 0 Å². The van der Waals surface area contributed by atoms with E-state index in [0.29, 0.717) is 11.4 Å². The van der Waals surface area contributed by atoms with Gasteiger partial charge >= 0.3 is 5.97 Å². The number of aromatic carboxylic acids is 1. The minimum Gasteiger partial charge on any atom is -0.478 e. The zero-order chi connectivity index (χ0) is 15.2. The lowest BCUT2D eigenvalue weighted by Crippen LogP contribution is -2.13. The van der Waals surface area contributed by atoms with E-state index in [1.807, 2.05) is 20.8 Å². The van der Waals surface area contributed by atoms with Gasteiger partial charge in [0.15, 0.2) is 5.58 Å². The molecule has 0 atom stereocenters. The van der Waals surface area contributed by atoms with Crippen molar-refractivity contribution in [2.24, 2.45) is 0 Å². The number of hydrogen-bond acceptors (Lipinski definition) is 6. The second-order valence-corrected chi connectivity index (χ2v) is 6.43. The fourth-order valence-corrected chi connectivity index (χ4v) is 2.84. The molecule has 6 nitrogen and oxygen atoms in total. The molecular weight excluding hydrogens is 290 g/mol. The number of carbonyl (C=O) groups is 1. The normalized spacial score (nSPS) is 12.0. The lowest BCUT2D eigenvalue weighted by molar-refractivity contribution is 0.0698. The molecule has 0 saturated carbocycles. The Morgan fingerprint density at radius 1 is 1.33 bits per heavy atom. The number of hydrogen-bond donors (Lipinski definition) is 1. The first-order valence-corrected chi connectivity index (χ1v) is 7.11. The Morgan fingerprint density at radius 2 is 2.10 bits per heavy atom. The maximum Gasteiger partial charge on any atom is 0.339 e. The molecule has 1 aromatic carbocycles. The number of oxazole rings is 1. The van der Waals surface area contributed by atoms with Gasteiger partial charge in [0.25, 0.3) is 0 Å². The summed E-state index contributed by atoms with van der Waals surface area (Å²) in [5.41, 5.74) is 1.47. The quantitative estimate of drug-likeness (QED) is 0.781. The highest BCUT2D eigenvalue weighted by Crippen LogP contribution is 2.35. The van der Waals surface area contributed by atoms with E-state index in [9.17, 15) is 9.90 Å². The lowest BCUT2D eigenvalue weighted by atomic mass is 9.91. The summed E-state index contributed by atoms with van der Waals surface area (Å²) < 4.78 is 9.65. The molecule has 0 radical (unpaired) electrons. The zero-order valence-electron chi connectivity index (χ0n) is 11.7. The van der Waals surface area contributed by atoms with Crippen molar-refractivity contribution in [3.8, 4) is 10.8 Å². The number of benzene rings is 1.